The Bertz CT molecular complexity index is 517. The minimum absolute atomic E-state index is 0.153. The minimum Gasteiger partial charge on any atom is -0.478 e. The van der Waals surface area contributed by atoms with Crippen molar-refractivity contribution in [2.75, 3.05) is 0 Å². The number of carboxylic acids is 1. The predicted molar refractivity (Wildman–Crippen MR) is 62.4 cm³/mol. The van der Waals surface area contributed by atoms with Crippen LogP contribution in [-0.4, -0.2) is 22.4 Å². The molecule has 2 rings (SSSR count). The van der Waals surface area contributed by atoms with Crippen LogP contribution < -0.4 is 0 Å². The van der Waals surface area contributed by atoms with E-state index in [1.165, 1.54) is 19.1 Å². The van der Waals surface area contributed by atoms with E-state index in [9.17, 15) is 9.18 Å². The highest BCUT2D eigenvalue weighted by Crippen LogP contribution is 2.28. The molecule has 0 fully saturated rings. The van der Waals surface area contributed by atoms with Crippen molar-refractivity contribution in [1.29, 1.82) is 0 Å². The Kier molecular flexibility index (Phi) is 2.91. The Hall–Kier alpha value is -1.43. The van der Waals surface area contributed by atoms with Gasteiger partial charge in [0.25, 0.3) is 0 Å². The topological polar surface area (TPSA) is 58.9 Å². The normalized spacial score (nSPS) is 23.1. The van der Waals surface area contributed by atoms with Gasteiger partial charge < -0.3 is 9.94 Å². The number of aliphatic carboxylic acids is 1. The Morgan fingerprint density at radius 1 is 1.65 bits per heavy atom. The fraction of sp³-hybridized carbons (Fsp3) is 0.273. The van der Waals surface area contributed by atoms with Crippen molar-refractivity contribution in [3.63, 3.8) is 0 Å². The van der Waals surface area contributed by atoms with Crippen molar-refractivity contribution >= 4 is 27.6 Å². The van der Waals surface area contributed by atoms with Crippen LogP contribution in [0, 0.1) is 5.82 Å². The largest absolute Gasteiger partial charge is 0.478 e. The molecular formula is C11H9BrFNO3. The van der Waals surface area contributed by atoms with Crippen LogP contribution in [0.2, 0.25) is 0 Å². The second-order valence-corrected chi connectivity index (χ2v) is 4.83. The molecule has 1 heterocycles. The van der Waals surface area contributed by atoms with Gasteiger partial charge in [0.05, 0.1) is 10.2 Å². The SMILES string of the molecule is CC1(C(=O)O)CC(c2ccc(F)c(Br)c2)=NO1. The van der Waals surface area contributed by atoms with Gasteiger partial charge >= 0.3 is 5.97 Å². The fourth-order valence-corrected chi connectivity index (χ4v) is 1.86. The summed E-state index contributed by atoms with van der Waals surface area (Å²) in [5.41, 5.74) is -0.199. The maximum atomic E-state index is 13.1. The third-order valence-electron chi connectivity index (χ3n) is 2.57. The summed E-state index contributed by atoms with van der Waals surface area (Å²) in [5, 5.41) is 12.7. The summed E-state index contributed by atoms with van der Waals surface area (Å²) in [4.78, 5) is 15.9. The minimum atomic E-state index is -1.34. The first kappa shape index (κ1) is 12.0. The molecule has 0 bridgehead atoms. The van der Waals surface area contributed by atoms with Crippen molar-refractivity contribution in [3.8, 4) is 0 Å². The molecule has 1 unspecified atom stereocenters. The Labute approximate surface area is 105 Å². The van der Waals surface area contributed by atoms with Gasteiger partial charge in [-0.2, -0.15) is 0 Å². The van der Waals surface area contributed by atoms with E-state index in [0.717, 1.165) is 0 Å². The molecule has 0 spiro atoms. The van der Waals surface area contributed by atoms with Crippen molar-refractivity contribution in [2.24, 2.45) is 5.16 Å². The van der Waals surface area contributed by atoms with Gasteiger partial charge in [-0.05, 0) is 35.0 Å². The molecule has 0 amide bonds. The standard InChI is InChI=1S/C11H9BrFNO3/c1-11(10(15)16)5-9(14-17-11)6-2-3-8(13)7(12)4-6/h2-4H,5H2,1H3,(H,15,16). The molecule has 0 saturated carbocycles. The maximum absolute atomic E-state index is 13.1. The maximum Gasteiger partial charge on any atom is 0.351 e. The van der Waals surface area contributed by atoms with Gasteiger partial charge in [0, 0.05) is 12.0 Å². The molecule has 4 nitrogen and oxygen atoms in total. The van der Waals surface area contributed by atoms with Crippen LogP contribution in [0.3, 0.4) is 0 Å². The number of hydrogen-bond acceptors (Lipinski definition) is 3. The quantitative estimate of drug-likeness (QED) is 0.913. The molecule has 0 saturated heterocycles. The van der Waals surface area contributed by atoms with Crippen LogP contribution in [0.1, 0.15) is 18.9 Å². The molecule has 1 aliphatic heterocycles. The predicted octanol–water partition coefficient (Wildman–Crippen LogP) is 2.56. The van der Waals surface area contributed by atoms with E-state index in [4.69, 9.17) is 9.94 Å². The van der Waals surface area contributed by atoms with E-state index >= 15 is 0 Å². The van der Waals surface area contributed by atoms with Crippen molar-refractivity contribution in [3.05, 3.63) is 34.1 Å². The van der Waals surface area contributed by atoms with Crippen LogP contribution in [-0.2, 0) is 9.63 Å². The molecule has 1 aromatic carbocycles. The highest BCUT2D eigenvalue weighted by Gasteiger charge is 2.42. The number of carbonyl (C=O) groups is 1. The lowest BCUT2D eigenvalue weighted by atomic mass is 9.96. The van der Waals surface area contributed by atoms with Crippen LogP contribution in [0.15, 0.2) is 27.8 Å². The van der Waals surface area contributed by atoms with Crippen molar-refractivity contribution < 1.29 is 19.1 Å². The first-order valence-corrected chi connectivity index (χ1v) is 5.65. The highest BCUT2D eigenvalue weighted by atomic mass is 79.9. The van der Waals surface area contributed by atoms with E-state index in [1.54, 1.807) is 6.07 Å². The zero-order valence-corrected chi connectivity index (χ0v) is 10.5. The van der Waals surface area contributed by atoms with Gasteiger partial charge in [0.1, 0.15) is 5.82 Å². The van der Waals surface area contributed by atoms with E-state index < -0.39 is 11.6 Å². The lowest BCUT2D eigenvalue weighted by molar-refractivity contribution is -0.160. The van der Waals surface area contributed by atoms with Gasteiger partial charge in [0.2, 0.25) is 5.60 Å². The summed E-state index contributed by atoms with van der Waals surface area (Å²) in [5.74, 6) is -1.45. The average Bonchev–Trinajstić information content (AvgIpc) is 2.67. The summed E-state index contributed by atoms with van der Waals surface area (Å²) < 4.78 is 13.4. The number of hydrogen-bond donors (Lipinski definition) is 1. The molecule has 0 aliphatic carbocycles. The third kappa shape index (κ3) is 2.17. The number of oxime groups is 1. The van der Waals surface area contributed by atoms with Crippen LogP contribution >= 0.6 is 15.9 Å². The zero-order valence-electron chi connectivity index (χ0n) is 8.91. The molecular weight excluding hydrogens is 293 g/mol. The lowest BCUT2D eigenvalue weighted by Gasteiger charge is -2.14. The molecule has 90 valence electrons. The van der Waals surface area contributed by atoms with E-state index in [2.05, 4.69) is 21.1 Å². The first-order chi connectivity index (χ1) is 7.92. The van der Waals surface area contributed by atoms with E-state index in [0.29, 0.717) is 15.7 Å². The number of halogens is 2. The van der Waals surface area contributed by atoms with Gasteiger partial charge in [-0.1, -0.05) is 11.2 Å². The molecule has 0 aromatic heterocycles. The van der Waals surface area contributed by atoms with E-state index in [1.807, 2.05) is 0 Å². The number of benzene rings is 1. The van der Waals surface area contributed by atoms with Crippen LogP contribution in [0.5, 0.6) is 0 Å². The molecule has 1 N–H and O–H groups in total. The zero-order chi connectivity index (χ0) is 12.6. The summed E-state index contributed by atoms with van der Waals surface area (Å²) in [6, 6.07) is 4.37. The summed E-state index contributed by atoms with van der Waals surface area (Å²) in [6.07, 6.45) is 0.153. The number of nitrogens with zero attached hydrogens (tertiary/aromatic N) is 1. The average molecular weight is 302 g/mol. The summed E-state index contributed by atoms with van der Waals surface area (Å²) in [7, 11) is 0. The van der Waals surface area contributed by atoms with E-state index in [-0.39, 0.29) is 12.2 Å². The molecule has 6 heteroatoms. The summed E-state index contributed by atoms with van der Waals surface area (Å²) >= 11 is 3.06. The monoisotopic (exact) mass is 301 g/mol. The fourth-order valence-electron chi connectivity index (χ4n) is 1.48. The Morgan fingerprint density at radius 2 is 2.35 bits per heavy atom. The molecule has 0 radical (unpaired) electrons. The van der Waals surface area contributed by atoms with Crippen LogP contribution in [0.25, 0.3) is 0 Å². The van der Waals surface area contributed by atoms with Gasteiger partial charge in [-0.25, -0.2) is 9.18 Å². The Morgan fingerprint density at radius 3 is 2.88 bits per heavy atom. The molecule has 1 atom stereocenters. The van der Waals surface area contributed by atoms with Gasteiger partial charge in [-0.3, -0.25) is 0 Å². The van der Waals surface area contributed by atoms with Crippen molar-refractivity contribution in [2.45, 2.75) is 18.9 Å². The molecule has 1 aromatic rings. The highest BCUT2D eigenvalue weighted by molar-refractivity contribution is 9.10. The lowest BCUT2D eigenvalue weighted by Crippen LogP contribution is -2.35. The molecule has 17 heavy (non-hydrogen) atoms. The van der Waals surface area contributed by atoms with Crippen LogP contribution in [0.4, 0.5) is 4.39 Å². The Balaban J connectivity index is 2.26. The third-order valence-corrected chi connectivity index (χ3v) is 3.18. The molecule has 1 aliphatic rings. The van der Waals surface area contributed by atoms with Crippen molar-refractivity contribution in [1.82, 2.24) is 0 Å². The number of carboxylic acid groups (broad SMARTS) is 1. The van der Waals surface area contributed by atoms with Gasteiger partial charge in [0.15, 0.2) is 0 Å². The summed E-state index contributed by atoms with van der Waals surface area (Å²) in [6.45, 7) is 1.45. The first-order valence-electron chi connectivity index (χ1n) is 4.86. The smallest absolute Gasteiger partial charge is 0.351 e. The van der Waals surface area contributed by atoms with Gasteiger partial charge in [-0.15, -0.1) is 0 Å². The number of rotatable bonds is 2. The second kappa shape index (κ2) is 4.10. The second-order valence-electron chi connectivity index (χ2n) is 3.97.